The monoisotopic (exact) mass is 263 g/mol. The van der Waals surface area contributed by atoms with Crippen LogP contribution in [0.3, 0.4) is 0 Å². The molecule has 0 aliphatic carbocycles. The summed E-state index contributed by atoms with van der Waals surface area (Å²) >= 11 is 0. The summed E-state index contributed by atoms with van der Waals surface area (Å²) in [6, 6.07) is 3.72. The molecule has 104 valence electrons. The molecule has 0 aromatic heterocycles. The van der Waals surface area contributed by atoms with Gasteiger partial charge in [0.05, 0.1) is 5.92 Å². The third kappa shape index (κ3) is 2.73. The van der Waals surface area contributed by atoms with Crippen LogP contribution in [-0.4, -0.2) is 22.7 Å². The minimum atomic E-state index is -0.773. The molecule has 4 nitrogen and oxygen atoms in total. The van der Waals surface area contributed by atoms with Crippen LogP contribution in [-0.2, 0) is 4.79 Å². The van der Waals surface area contributed by atoms with Crippen molar-refractivity contribution in [2.75, 3.05) is 6.54 Å². The summed E-state index contributed by atoms with van der Waals surface area (Å²) in [6.07, 6.45) is 0.531. The minimum absolute atomic E-state index is 0.0702. The van der Waals surface area contributed by atoms with E-state index in [-0.39, 0.29) is 17.7 Å². The number of hydrogen-bond donors (Lipinski definition) is 3. The lowest BCUT2D eigenvalue weighted by Gasteiger charge is -2.18. The highest BCUT2D eigenvalue weighted by molar-refractivity contribution is 5.71. The molecule has 1 aromatic carbocycles. The van der Waals surface area contributed by atoms with Crippen molar-refractivity contribution in [2.24, 2.45) is 5.92 Å². The minimum Gasteiger partial charge on any atom is -0.508 e. The first-order valence-electron chi connectivity index (χ1n) is 6.69. The Morgan fingerprint density at radius 3 is 2.63 bits per heavy atom. The quantitative estimate of drug-likeness (QED) is 0.784. The van der Waals surface area contributed by atoms with Crippen LogP contribution in [0.15, 0.2) is 12.1 Å². The lowest BCUT2D eigenvalue weighted by atomic mass is 9.91. The standard InChI is InChI=1S/C15H21NO3/c1-8(2)11-6-12(14(17)4-9(11)3)13-5-10(7-16-13)15(18)19/h4,6,8,10,13,16-17H,5,7H2,1-3H3,(H,18,19). The maximum atomic E-state index is 11.0. The molecule has 2 rings (SSSR count). The number of hydrogen-bond acceptors (Lipinski definition) is 3. The van der Waals surface area contributed by atoms with Crippen molar-refractivity contribution in [3.63, 3.8) is 0 Å². The van der Waals surface area contributed by atoms with Crippen LogP contribution >= 0.6 is 0 Å². The molecule has 0 spiro atoms. The summed E-state index contributed by atoms with van der Waals surface area (Å²) in [4.78, 5) is 11.0. The molecule has 1 aliphatic heterocycles. The van der Waals surface area contributed by atoms with Gasteiger partial charge < -0.3 is 15.5 Å². The molecular formula is C15H21NO3. The maximum absolute atomic E-state index is 11.0. The predicted octanol–water partition coefficient (Wildman–Crippen LogP) is 2.56. The Balaban J connectivity index is 2.30. The van der Waals surface area contributed by atoms with Crippen molar-refractivity contribution >= 4 is 5.97 Å². The number of aryl methyl sites for hydroxylation is 1. The van der Waals surface area contributed by atoms with E-state index in [4.69, 9.17) is 5.11 Å². The van der Waals surface area contributed by atoms with Crippen LogP contribution in [0.4, 0.5) is 0 Å². The summed E-state index contributed by atoms with van der Waals surface area (Å²) in [5, 5.41) is 22.3. The zero-order valence-electron chi connectivity index (χ0n) is 11.6. The fraction of sp³-hybridized carbons (Fsp3) is 0.533. The number of carboxylic acids is 1. The Morgan fingerprint density at radius 2 is 2.11 bits per heavy atom. The Labute approximate surface area is 113 Å². The number of aliphatic carboxylic acids is 1. The average molecular weight is 263 g/mol. The fourth-order valence-corrected chi connectivity index (χ4v) is 2.79. The second-order valence-electron chi connectivity index (χ2n) is 5.65. The molecule has 0 amide bonds. The van der Waals surface area contributed by atoms with Crippen LogP contribution in [0, 0.1) is 12.8 Å². The second-order valence-corrected chi connectivity index (χ2v) is 5.65. The summed E-state index contributed by atoms with van der Waals surface area (Å²) in [7, 11) is 0. The van der Waals surface area contributed by atoms with Gasteiger partial charge in [-0.15, -0.1) is 0 Å². The van der Waals surface area contributed by atoms with Gasteiger partial charge in [0.15, 0.2) is 0 Å². The van der Waals surface area contributed by atoms with Gasteiger partial charge in [0.1, 0.15) is 5.75 Å². The van der Waals surface area contributed by atoms with E-state index < -0.39 is 5.97 Å². The normalized spacial score (nSPS) is 22.9. The van der Waals surface area contributed by atoms with E-state index in [0.29, 0.717) is 18.9 Å². The van der Waals surface area contributed by atoms with E-state index >= 15 is 0 Å². The Morgan fingerprint density at radius 1 is 1.42 bits per heavy atom. The van der Waals surface area contributed by atoms with Crippen molar-refractivity contribution in [2.45, 2.75) is 39.2 Å². The van der Waals surface area contributed by atoms with Crippen LogP contribution in [0.1, 0.15) is 48.9 Å². The maximum Gasteiger partial charge on any atom is 0.307 e. The number of phenolic OH excluding ortho intramolecular Hbond substituents is 1. The number of benzene rings is 1. The summed E-state index contributed by atoms with van der Waals surface area (Å²) in [6.45, 7) is 6.68. The number of carboxylic acid groups (broad SMARTS) is 1. The largest absolute Gasteiger partial charge is 0.508 e. The smallest absolute Gasteiger partial charge is 0.307 e. The average Bonchev–Trinajstić information content (AvgIpc) is 2.77. The van der Waals surface area contributed by atoms with Gasteiger partial charge in [0.25, 0.3) is 0 Å². The van der Waals surface area contributed by atoms with Crippen molar-refractivity contribution in [3.05, 3.63) is 28.8 Å². The van der Waals surface area contributed by atoms with E-state index in [2.05, 4.69) is 19.2 Å². The third-order valence-electron chi connectivity index (χ3n) is 3.89. The molecule has 1 aromatic rings. The number of carbonyl (C=O) groups is 1. The molecular weight excluding hydrogens is 242 g/mol. The molecule has 3 N–H and O–H groups in total. The highest BCUT2D eigenvalue weighted by Gasteiger charge is 2.31. The predicted molar refractivity (Wildman–Crippen MR) is 73.4 cm³/mol. The molecule has 1 heterocycles. The van der Waals surface area contributed by atoms with Crippen molar-refractivity contribution < 1.29 is 15.0 Å². The van der Waals surface area contributed by atoms with Gasteiger partial charge in [-0.05, 0) is 36.5 Å². The van der Waals surface area contributed by atoms with E-state index in [9.17, 15) is 9.90 Å². The Hall–Kier alpha value is -1.55. The first-order valence-corrected chi connectivity index (χ1v) is 6.69. The zero-order chi connectivity index (χ0) is 14.2. The van der Waals surface area contributed by atoms with E-state index in [1.54, 1.807) is 6.07 Å². The molecule has 19 heavy (non-hydrogen) atoms. The van der Waals surface area contributed by atoms with Gasteiger partial charge in [0, 0.05) is 18.2 Å². The first-order chi connectivity index (χ1) is 8.90. The van der Waals surface area contributed by atoms with E-state index in [1.165, 1.54) is 5.56 Å². The second kappa shape index (κ2) is 5.21. The highest BCUT2D eigenvalue weighted by atomic mass is 16.4. The van der Waals surface area contributed by atoms with Gasteiger partial charge in [-0.3, -0.25) is 4.79 Å². The van der Waals surface area contributed by atoms with Crippen molar-refractivity contribution in [1.29, 1.82) is 0 Å². The number of phenols is 1. The number of aromatic hydroxyl groups is 1. The summed E-state index contributed by atoms with van der Waals surface area (Å²) in [5.74, 6) is -0.500. The molecule has 2 unspecified atom stereocenters. The molecule has 0 bridgehead atoms. The Kier molecular flexibility index (Phi) is 3.80. The molecule has 0 saturated carbocycles. The Bertz CT molecular complexity index is 496. The third-order valence-corrected chi connectivity index (χ3v) is 3.89. The fourth-order valence-electron chi connectivity index (χ4n) is 2.79. The van der Waals surface area contributed by atoms with Gasteiger partial charge in [0.2, 0.25) is 0 Å². The lowest BCUT2D eigenvalue weighted by molar-refractivity contribution is -0.141. The molecule has 1 aliphatic rings. The lowest BCUT2D eigenvalue weighted by Crippen LogP contribution is -2.17. The summed E-state index contributed by atoms with van der Waals surface area (Å²) in [5.41, 5.74) is 3.09. The van der Waals surface area contributed by atoms with Crippen molar-refractivity contribution in [1.82, 2.24) is 5.32 Å². The molecule has 4 heteroatoms. The van der Waals surface area contributed by atoms with Crippen molar-refractivity contribution in [3.8, 4) is 5.75 Å². The van der Waals surface area contributed by atoms with E-state index in [1.807, 2.05) is 13.0 Å². The van der Waals surface area contributed by atoms with Gasteiger partial charge in [-0.1, -0.05) is 19.9 Å². The van der Waals surface area contributed by atoms with Gasteiger partial charge in [-0.25, -0.2) is 0 Å². The molecule has 1 fully saturated rings. The highest BCUT2D eigenvalue weighted by Crippen LogP contribution is 2.36. The zero-order valence-corrected chi connectivity index (χ0v) is 11.6. The topological polar surface area (TPSA) is 69.6 Å². The van der Waals surface area contributed by atoms with Crippen LogP contribution in [0.2, 0.25) is 0 Å². The SMILES string of the molecule is Cc1cc(O)c(C2CC(C(=O)O)CN2)cc1C(C)C. The number of nitrogens with one attached hydrogen (secondary N) is 1. The van der Waals surface area contributed by atoms with Crippen LogP contribution < -0.4 is 5.32 Å². The summed E-state index contributed by atoms with van der Waals surface area (Å²) < 4.78 is 0. The van der Waals surface area contributed by atoms with Gasteiger partial charge in [-0.2, -0.15) is 0 Å². The van der Waals surface area contributed by atoms with Gasteiger partial charge >= 0.3 is 5.97 Å². The number of rotatable bonds is 3. The van der Waals surface area contributed by atoms with Crippen LogP contribution in [0.25, 0.3) is 0 Å². The van der Waals surface area contributed by atoms with E-state index in [0.717, 1.165) is 11.1 Å². The molecule has 2 atom stereocenters. The molecule has 0 radical (unpaired) electrons. The van der Waals surface area contributed by atoms with Crippen LogP contribution in [0.5, 0.6) is 5.75 Å². The molecule has 1 saturated heterocycles. The first kappa shape index (κ1) is 13.9.